The van der Waals surface area contributed by atoms with Crippen LogP contribution in [0.15, 0.2) is 54.6 Å². The molecule has 1 saturated heterocycles. The van der Waals surface area contributed by atoms with Crippen molar-refractivity contribution in [3.63, 3.8) is 0 Å². The zero-order valence-electron chi connectivity index (χ0n) is 18.2. The summed E-state index contributed by atoms with van der Waals surface area (Å²) in [7, 11) is 2.21. The molecule has 1 fully saturated rings. The van der Waals surface area contributed by atoms with E-state index in [1.54, 1.807) is 36.4 Å². The quantitative estimate of drug-likeness (QED) is 0.545. The maximum atomic E-state index is 10.2. The Morgan fingerprint density at radius 2 is 1.77 bits per heavy atom. The molecule has 0 aliphatic carbocycles. The summed E-state index contributed by atoms with van der Waals surface area (Å²) in [5, 5.41) is 18.1. The molecule has 31 heavy (non-hydrogen) atoms. The first-order chi connectivity index (χ1) is 14.7. The van der Waals surface area contributed by atoms with Crippen molar-refractivity contribution in [2.75, 3.05) is 20.1 Å². The molecule has 1 unspecified atom stereocenters. The van der Waals surface area contributed by atoms with Crippen molar-refractivity contribution >= 4 is 12.1 Å². The second-order valence-corrected chi connectivity index (χ2v) is 7.49. The van der Waals surface area contributed by atoms with Gasteiger partial charge in [-0.25, -0.2) is 9.59 Å². The van der Waals surface area contributed by atoms with Crippen LogP contribution in [-0.4, -0.2) is 47.3 Å². The Morgan fingerprint density at radius 1 is 1.13 bits per heavy atom. The van der Waals surface area contributed by atoms with Gasteiger partial charge < -0.3 is 25.7 Å². The number of benzene rings is 2. The van der Waals surface area contributed by atoms with Crippen LogP contribution in [0.5, 0.6) is 5.75 Å². The predicted octanol–water partition coefficient (Wildman–Crippen LogP) is 3.50. The summed E-state index contributed by atoms with van der Waals surface area (Å²) in [5.74, 6) is 3.71. The highest BCUT2D eigenvalue weighted by molar-refractivity contribution is 5.87. The van der Waals surface area contributed by atoms with Crippen molar-refractivity contribution < 1.29 is 24.6 Å². The number of nitrogens with zero attached hydrogens (tertiary/aromatic N) is 1. The normalized spacial score (nSPS) is 18.3. The van der Waals surface area contributed by atoms with Crippen molar-refractivity contribution in [2.24, 2.45) is 11.6 Å². The van der Waals surface area contributed by atoms with E-state index in [2.05, 4.69) is 41.4 Å². The van der Waals surface area contributed by atoms with E-state index in [9.17, 15) is 14.7 Å². The number of hydrogen-bond donors (Lipinski definition) is 4. The van der Waals surface area contributed by atoms with Gasteiger partial charge in [0.05, 0.1) is 5.56 Å². The summed E-state index contributed by atoms with van der Waals surface area (Å²) < 4.78 is 0. The van der Waals surface area contributed by atoms with E-state index in [1.807, 2.05) is 12.1 Å². The first kappa shape index (κ1) is 25.9. The summed E-state index contributed by atoms with van der Waals surface area (Å²) in [6, 6.07) is 16.1. The lowest BCUT2D eigenvalue weighted by atomic mass is 9.74. The van der Waals surface area contributed by atoms with Gasteiger partial charge in [-0.3, -0.25) is 0 Å². The number of hydrogen-bond acceptors (Lipinski definition) is 6. The average molecular weight is 432 g/mol. The minimum Gasteiger partial charge on any atom is -0.508 e. The van der Waals surface area contributed by atoms with Crippen LogP contribution in [0, 0.1) is 0 Å². The Balaban J connectivity index is 0.000000287. The molecule has 0 spiro atoms. The molecule has 1 amide bonds. The van der Waals surface area contributed by atoms with E-state index < -0.39 is 12.1 Å². The molecule has 0 radical (unpaired) electrons. The molecule has 1 atom stereocenters. The van der Waals surface area contributed by atoms with Crippen LogP contribution >= 0.6 is 0 Å². The number of nitrogens with two attached hydrogens (primary N) is 2. The van der Waals surface area contributed by atoms with Gasteiger partial charge >= 0.3 is 12.1 Å². The summed E-state index contributed by atoms with van der Waals surface area (Å²) in [5.41, 5.74) is 6.16. The SMILES string of the molecule is CCC1(c2cccc(O)c2)CCCCN(C)C1.NOC(N)=O.O=C(O)c1ccccc1. The number of phenolic OH excluding ortho intramolecular Hbond substituents is 1. The van der Waals surface area contributed by atoms with Crippen LogP contribution in [0.4, 0.5) is 4.79 Å². The van der Waals surface area contributed by atoms with E-state index in [1.165, 1.54) is 31.4 Å². The molecule has 6 N–H and O–H groups in total. The molecule has 1 heterocycles. The number of carboxylic acid groups (broad SMARTS) is 1. The fourth-order valence-corrected chi connectivity index (χ4v) is 3.66. The summed E-state index contributed by atoms with van der Waals surface area (Å²) in [4.78, 5) is 25.3. The number of carbonyl (C=O) groups is 2. The Hall–Kier alpha value is -3.10. The zero-order valence-corrected chi connectivity index (χ0v) is 18.2. The first-order valence-electron chi connectivity index (χ1n) is 10.2. The molecular weight excluding hydrogens is 398 g/mol. The van der Waals surface area contributed by atoms with Crippen LogP contribution in [0.1, 0.15) is 48.5 Å². The van der Waals surface area contributed by atoms with Crippen LogP contribution in [0.25, 0.3) is 0 Å². The van der Waals surface area contributed by atoms with E-state index in [4.69, 9.17) is 5.11 Å². The summed E-state index contributed by atoms with van der Waals surface area (Å²) in [6.07, 6.45) is 3.98. The predicted molar refractivity (Wildman–Crippen MR) is 120 cm³/mol. The molecule has 170 valence electrons. The summed E-state index contributed by atoms with van der Waals surface area (Å²) in [6.45, 7) is 4.57. The fraction of sp³-hybridized carbons (Fsp3) is 0.391. The molecule has 1 aliphatic rings. The monoisotopic (exact) mass is 431 g/mol. The third-order valence-electron chi connectivity index (χ3n) is 5.29. The highest BCUT2D eigenvalue weighted by atomic mass is 16.7. The Kier molecular flexibility index (Phi) is 11.1. The van der Waals surface area contributed by atoms with Gasteiger partial charge in [0.25, 0.3) is 0 Å². The summed E-state index contributed by atoms with van der Waals surface area (Å²) >= 11 is 0. The molecule has 0 aromatic heterocycles. The maximum absolute atomic E-state index is 10.2. The molecule has 2 aromatic carbocycles. The molecule has 3 rings (SSSR count). The zero-order chi connectivity index (χ0) is 23.3. The molecule has 8 heteroatoms. The van der Waals surface area contributed by atoms with Gasteiger partial charge in [-0.15, -0.1) is 0 Å². The fourth-order valence-electron chi connectivity index (χ4n) is 3.66. The van der Waals surface area contributed by atoms with Crippen molar-refractivity contribution in [3.8, 4) is 5.75 Å². The number of phenols is 1. The maximum Gasteiger partial charge on any atom is 0.423 e. The van der Waals surface area contributed by atoms with Crippen LogP contribution in [0.3, 0.4) is 0 Å². The van der Waals surface area contributed by atoms with E-state index in [-0.39, 0.29) is 5.41 Å². The van der Waals surface area contributed by atoms with Crippen molar-refractivity contribution in [1.29, 1.82) is 0 Å². The number of carbonyl (C=O) groups excluding carboxylic acids is 1. The third-order valence-corrected chi connectivity index (χ3v) is 5.29. The van der Waals surface area contributed by atoms with Crippen LogP contribution < -0.4 is 11.6 Å². The lowest BCUT2D eigenvalue weighted by Gasteiger charge is -2.35. The molecule has 2 aromatic rings. The Labute approximate surface area is 183 Å². The second kappa shape index (κ2) is 13.3. The largest absolute Gasteiger partial charge is 0.508 e. The standard InChI is InChI=1S/C15H23NO.C7H6O2.CH4N2O2/c1-3-15(9-4-5-10-16(2)12-15)13-7-6-8-14(17)11-13;8-7(9)6-4-2-1-3-5-6;2-1(4)5-3/h6-8,11,17H,3-5,9-10,12H2,1-2H3;1-5H,(H,8,9);3H2,(H2,2,4). The van der Waals surface area contributed by atoms with Gasteiger partial charge in [-0.2, -0.15) is 5.90 Å². The number of amides is 1. The number of aromatic carboxylic acids is 1. The minimum atomic E-state index is -0.968. The lowest BCUT2D eigenvalue weighted by molar-refractivity contribution is 0.0696. The molecule has 0 saturated carbocycles. The highest BCUT2D eigenvalue weighted by Gasteiger charge is 2.33. The second-order valence-electron chi connectivity index (χ2n) is 7.49. The number of carboxylic acids is 1. The molecule has 1 aliphatic heterocycles. The van der Waals surface area contributed by atoms with E-state index in [0.29, 0.717) is 11.3 Å². The Morgan fingerprint density at radius 3 is 2.26 bits per heavy atom. The van der Waals surface area contributed by atoms with Crippen molar-refractivity contribution in [1.82, 2.24) is 4.90 Å². The number of likely N-dealkylation sites (N-methyl/N-ethyl adjacent to an activating group) is 1. The van der Waals surface area contributed by atoms with Gasteiger partial charge in [0.2, 0.25) is 0 Å². The molecule has 0 bridgehead atoms. The topological polar surface area (TPSA) is 139 Å². The van der Waals surface area contributed by atoms with Crippen LogP contribution in [-0.2, 0) is 10.3 Å². The molecule has 8 nitrogen and oxygen atoms in total. The number of rotatable bonds is 3. The highest BCUT2D eigenvalue weighted by Crippen LogP contribution is 2.37. The van der Waals surface area contributed by atoms with Crippen LogP contribution in [0.2, 0.25) is 0 Å². The first-order valence-corrected chi connectivity index (χ1v) is 10.2. The van der Waals surface area contributed by atoms with Gasteiger partial charge in [0.1, 0.15) is 5.75 Å². The van der Waals surface area contributed by atoms with Gasteiger partial charge in [0, 0.05) is 12.0 Å². The van der Waals surface area contributed by atoms with Gasteiger partial charge in [-0.1, -0.05) is 43.7 Å². The van der Waals surface area contributed by atoms with Crippen molar-refractivity contribution in [2.45, 2.75) is 38.0 Å². The van der Waals surface area contributed by atoms with Gasteiger partial charge in [-0.05, 0) is 62.7 Å². The lowest BCUT2D eigenvalue weighted by Crippen LogP contribution is -2.37. The average Bonchev–Trinajstić information content (AvgIpc) is 2.97. The number of primary amides is 1. The Bertz CT molecular complexity index is 816. The van der Waals surface area contributed by atoms with Gasteiger partial charge in [0.15, 0.2) is 0 Å². The minimum absolute atomic E-state index is 0.226. The third kappa shape index (κ3) is 9.06. The number of likely N-dealkylation sites (tertiary alicyclic amines) is 1. The van der Waals surface area contributed by atoms with E-state index in [0.717, 1.165) is 13.0 Å². The van der Waals surface area contributed by atoms with E-state index >= 15 is 0 Å². The number of aromatic hydroxyl groups is 1. The smallest absolute Gasteiger partial charge is 0.423 e. The van der Waals surface area contributed by atoms with Crippen molar-refractivity contribution in [3.05, 3.63) is 65.7 Å². The molecular formula is C23H33N3O5.